The average Bonchev–Trinajstić information content (AvgIpc) is 2.31. The molecular formula is C13H14FNO3. The summed E-state index contributed by atoms with van der Waals surface area (Å²) in [5, 5.41) is 2.29. The van der Waals surface area contributed by atoms with Crippen molar-refractivity contribution in [3.05, 3.63) is 42.2 Å². The molecule has 0 aromatic heterocycles. The summed E-state index contributed by atoms with van der Waals surface area (Å²) < 4.78 is 18.3. The Morgan fingerprint density at radius 1 is 1.50 bits per heavy atom. The van der Waals surface area contributed by atoms with Gasteiger partial charge in [-0.15, -0.1) is 0 Å². The number of carbonyl (C=O) groups excluding carboxylic acids is 2. The van der Waals surface area contributed by atoms with Crippen molar-refractivity contribution >= 4 is 17.6 Å². The number of rotatable bonds is 4. The molecule has 5 heteroatoms. The Kier molecular flexibility index (Phi) is 4.59. The van der Waals surface area contributed by atoms with E-state index in [9.17, 15) is 14.0 Å². The molecule has 1 amide bonds. The Labute approximate surface area is 104 Å². The van der Waals surface area contributed by atoms with Crippen molar-refractivity contribution in [2.24, 2.45) is 0 Å². The van der Waals surface area contributed by atoms with Gasteiger partial charge in [-0.1, -0.05) is 12.7 Å². The van der Waals surface area contributed by atoms with Gasteiger partial charge in [-0.2, -0.15) is 0 Å². The van der Waals surface area contributed by atoms with Crippen LogP contribution in [0.1, 0.15) is 24.2 Å². The van der Waals surface area contributed by atoms with Crippen LogP contribution in [0.15, 0.2) is 30.9 Å². The molecule has 1 aromatic carbocycles. The van der Waals surface area contributed by atoms with Gasteiger partial charge in [-0.3, -0.25) is 4.79 Å². The number of carbonyl (C=O) groups is 2. The first-order valence-corrected chi connectivity index (χ1v) is 5.34. The van der Waals surface area contributed by atoms with E-state index in [0.717, 1.165) is 6.07 Å². The standard InChI is InChI=1S/C13H14FNO3/c1-4-8(2)18-13(17)10-5-6-11(14)12(7-10)15-9(3)16/h4-8H,1H2,2-3H3,(H,15,16)/t8-/m0/s1. The van der Waals surface area contributed by atoms with Crippen LogP contribution in [0.3, 0.4) is 0 Å². The minimum absolute atomic E-state index is 0.0526. The lowest BCUT2D eigenvalue weighted by Crippen LogP contribution is -2.14. The largest absolute Gasteiger partial charge is 0.455 e. The smallest absolute Gasteiger partial charge is 0.338 e. The highest BCUT2D eigenvalue weighted by Gasteiger charge is 2.13. The Balaban J connectivity index is 2.93. The quantitative estimate of drug-likeness (QED) is 0.660. The highest BCUT2D eigenvalue weighted by Crippen LogP contribution is 2.17. The molecule has 1 rings (SSSR count). The van der Waals surface area contributed by atoms with Gasteiger partial charge in [0.15, 0.2) is 0 Å². The fraction of sp³-hybridized carbons (Fsp3) is 0.231. The molecule has 0 fully saturated rings. The molecule has 0 saturated carbocycles. The number of halogens is 1. The van der Waals surface area contributed by atoms with Crippen molar-refractivity contribution in [3.63, 3.8) is 0 Å². The third-order valence-corrected chi connectivity index (χ3v) is 2.14. The molecule has 0 unspecified atom stereocenters. The third-order valence-electron chi connectivity index (χ3n) is 2.14. The van der Waals surface area contributed by atoms with Crippen LogP contribution in [0, 0.1) is 5.82 Å². The van der Waals surface area contributed by atoms with E-state index >= 15 is 0 Å². The molecule has 4 nitrogen and oxygen atoms in total. The van der Waals surface area contributed by atoms with E-state index in [2.05, 4.69) is 11.9 Å². The molecule has 0 saturated heterocycles. The van der Waals surface area contributed by atoms with Crippen molar-refractivity contribution in [2.45, 2.75) is 20.0 Å². The van der Waals surface area contributed by atoms with E-state index in [1.165, 1.54) is 25.1 Å². The summed E-state index contributed by atoms with van der Waals surface area (Å²) >= 11 is 0. The molecule has 0 radical (unpaired) electrons. The molecule has 18 heavy (non-hydrogen) atoms. The predicted octanol–water partition coefficient (Wildman–Crippen LogP) is 2.52. The van der Waals surface area contributed by atoms with Gasteiger partial charge >= 0.3 is 5.97 Å². The lowest BCUT2D eigenvalue weighted by molar-refractivity contribution is -0.114. The van der Waals surface area contributed by atoms with Crippen molar-refractivity contribution in [1.82, 2.24) is 0 Å². The molecule has 0 spiro atoms. The van der Waals surface area contributed by atoms with Gasteiger partial charge in [0.25, 0.3) is 0 Å². The normalized spacial score (nSPS) is 11.5. The minimum Gasteiger partial charge on any atom is -0.455 e. The zero-order valence-corrected chi connectivity index (χ0v) is 10.2. The maximum Gasteiger partial charge on any atom is 0.338 e. The molecule has 0 heterocycles. The highest BCUT2D eigenvalue weighted by molar-refractivity contribution is 5.93. The Morgan fingerprint density at radius 2 is 2.17 bits per heavy atom. The predicted molar refractivity (Wildman–Crippen MR) is 65.8 cm³/mol. The van der Waals surface area contributed by atoms with E-state index in [1.54, 1.807) is 6.92 Å². The number of nitrogens with one attached hydrogen (secondary N) is 1. The maximum absolute atomic E-state index is 13.3. The van der Waals surface area contributed by atoms with Gasteiger partial charge in [0.05, 0.1) is 11.3 Å². The summed E-state index contributed by atoms with van der Waals surface area (Å²) in [6.45, 7) is 6.39. The molecule has 1 aromatic rings. The first kappa shape index (κ1) is 13.9. The number of ether oxygens (including phenoxy) is 1. The fourth-order valence-corrected chi connectivity index (χ4v) is 1.22. The number of anilines is 1. The van der Waals surface area contributed by atoms with E-state index in [1.807, 2.05) is 0 Å². The summed E-state index contributed by atoms with van der Waals surface area (Å²) in [5.74, 6) is -1.63. The molecular weight excluding hydrogens is 237 g/mol. The molecule has 96 valence electrons. The number of hydrogen-bond donors (Lipinski definition) is 1. The van der Waals surface area contributed by atoms with Crippen LogP contribution in [0.4, 0.5) is 10.1 Å². The summed E-state index contributed by atoms with van der Waals surface area (Å²) in [4.78, 5) is 22.5. The number of esters is 1. The van der Waals surface area contributed by atoms with Gasteiger partial charge in [-0.05, 0) is 25.1 Å². The first-order chi connectivity index (χ1) is 8.43. The minimum atomic E-state index is -0.612. The number of hydrogen-bond acceptors (Lipinski definition) is 3. The van der Waals surface area contributed by atoms with Crippen LogP contribution in [0.2, 0.25) is 0 Å². The monoisotopic (exact) mass is 251 g/mol. The van der Waals surface area contributed by atoms with Crippen LogP contribution in [0.5, 0.6) is 0 Å². The SMILES string of the molecule is C=C[C@H](C)OC(=O)c1ccc(F)c(NC(C)=O)c1. The van der Waals surface area contributed by atoms with Crippen LogP contribution in [-0.2, 0) is 9.53 Å². The highest BCUT2D eigenvalue weighted by atomic mass is 19.1. The van der Waals surface area contributed by atoms with E-state index in [4.69, 9.17) is 4.74 Å². The van der Waals surface area contributed by atoms with Gasteiger partial charge in [0, 0.05) is 6.92 Å². The second kappa shape index (κ2) is 5.95. The number of amides is 1. The molecule has 0 aliphatic carbocycles. The zero-order valence-electron chi connectivity index (χ0n) is 10.2. The molecule has 0 aliphatic heterocycles. The van der Waals surface area contributed by atoms with Crippen LogP contribution >= 0.6 is 0 Å². The summed E-state index contributed by atoms with van der Waals surface area (Å²) in [7, 11) is 0. The van der Waals surface area contributed by atoms with E-state index < -0.39 is 23.8 Å². The summed E-state index contributed by atoms with van der Waals surface area (Å²) in [5.41, 5.74) is 0.108. The van der Waals surface area contributed by atoms with Crippen LogP contribution < -0.4 is 5.32 Å². The second-order valence-corrected chi connectivity index (χ2v) is 3.72. The van der Waals surface area contributed by atoms with Crippen molar-refractivity contribution in [1.29, 1.82) is 0 Å². The molecule has 0 bridgehead atoms. The van der Waals surface area contributed by atoms with Crippen LogP contribution in [0.25, 0.3) is 0 Å². The van der Waals surface area contributed by atoms with Gasteiger partial charge < -0.3 is 10.1 Å². The Morgan fingerprint density at radius 3 is 2.72 bits per heavy atom. The number of benzene rings is 1. The van der Waals surface area contributed by atoms with Crippen molar-refractivity contribution < 1.29 is 18.7 Å². The molecule has 1 N–H and O–H groups in total. The average molecular weight is 251 g/mol. The third kappa shape index (κ3) is 3.69. The summed E-state index contributed by atoms with van der Waals surface area (Å²) in [6, 6.07) is 3.62. The summed E-state index contributed by atoms with van der Waals surface area (Å²) in [6.07, 6.45) is 1.03. The Bertz CT molecular complexity index is 485. The van der Waals surface area contributed by atoms with Gasteiger partial charge in [-0.25, -0.2) is 9.18 Å². The molecule has 1 atom stereocenters. The first-order valence-electron chi connectivity index (χ1n) is 5.34. The fourth-order valence-electron chi connectivity index (χ4n) is 1.22. The molecule has 0 aliphatic rings. The van der Waals surface area contributed by atoms with Crippen LogP contribution in [-0.4, -0.2) is 18.0 Å². The lowest BCUT2D eigenvalue weighted by Gasteiger charge is -2.10. The second-order valence-electron chi connectivity index (χ2n) is 3.72. The van der Waals surface area contributed by atoms with E-state index in [-0.39, 0.29) is 11.3 Å². The van der Waals surface area contributed by atoms with Crippen molar-refractivity contribution in [3.8, 4) is 0 Å². The lowest BCUT2D eigenvalue weighted by atomic mass is 10.2. The zero-order chi connectivity index (χ0) is 13.7. The maximum atomic E-state index is 13.3. The van der Waals surface area contributed by atoms with Crippen molar-refractivity contribution in [2.75, 3.05) is 5.32 Å². The van der Waals surface area contributed by atoms with Gasteiger partial charge in [0.1, 0.15) is 11.9 Å². The topological polar surface area (TPSA) is 55.4 Å². The Hall–Kier alpha value is -2.17. The van der Waals surface area contributed by atoms with Gasteiger partial charge in [0.2, 0.25) is 5.91 Å². The van der Waals surface area contributed by atoms with E-state index in [0.29, 0.717) is 0 Å².